The lowest BCUT2D eigenvalue weighted by molar-refractivity contribution is -0.165. The van der Waals surface area contributed by atoms with Crippen LogP contribution >= 0.6 is 27.5 Å². The molecule has 4 nitrogen and oxygen atoms in total. The van der Waals surface area contributed by atoms with Gasteiger partial charge in [-0.25, -0.2) is 4.79 Å². The van der Waals surface area contributed by atoms with Crippen molar-refractivity contribution < 1.29 is 19.1 Å². The second kappa shape index (κ2) is 7.50. The zero-order valence-electron chi connectivity index (χ0n) is 10.6. The maximum absolute atomic E-state index is 11.8. The number of benzene rings is 1. The monoisotopic (exact) mass is 348 g/mol. The van der Waals surface area contributed by atoms with Crippen LogP contribution in [0.4, 0.5) is 0 Å². The average molecular weight is 350 g/mol. The maximum atomic E-state index is 11.8. The topological polar surface area (TPSA) is 52.6 Å². The van der Waals surface area contributed by atoms with Crippen molar-refractivity contribution >= 4 is 39.5 Å². The molecule has 1 rings (SSSR count). The summed E-state index contributed by atoms with van der Waals surface area (Å²) in [4.78, 5) is 22.5. The predicted molar refractivity (Wildman–Crippen MR) is 75.3 cm³/mol. The van der Waals surface area contributed by atoms with Crippen molar-refractivity contribution in [3.63, 3.8) is 0 Å². The van der Waals surface area contributed by atoms with E-state index in [2.05, 4.69) is 15.9 Å². The number of carbonyl (C=O) groups excluding carboxylic acids is 2. The van der Waals surface area contributed by atoms with Crippen LogP contribution in [0.2, 0.25) is 5.02 Å². The molecule has 0 fully saturated rings. The van der Waals surface area contributed by atoms with Crippen molar-refractivity contribution in [1.82, 2.24) is 0 Å². The van der Waals surface area contributed by atoms with Crippen molar-refractivity contribution in [2.24, 2.45) is 0 Å². The first kappa shape index (κ1) is 16.0. The molecule has 0 bridgehead atoms. The molecule has 0 aliphatic rings. The number of rotatable bonds is 5. The van der Waals surface area contributed by atoms with Gasteiger partial charge in [0.2, 0.25) is 0 Å². The van der Waals surface area contributed by atoms with Crippen LogP contribution in [-0.4, -0.2) is 24.6 Å². The molecule has 6 heteroatoms. The van der Waals surface area contributed by atoms with Crippen LogP contribution in [0.3, 0.4) is 0 Å². The summed E-state index contributed by atoms with van der Waals surface area (Å²) >= 11 is 8.99. The first-order valence-electron chi connectivity index (χ1n) is 5.72. The van der Waals surface area contributed by atoms with E-state index in [0.29, 0.717) is 10.6 Å². The molecule has 1 unspecified atom stereocenters. The van der Waals surface area contributed by atoms with Crippen LogP contribution in [0.25, 0.3) is 0 Å². The number of hydrogen-bond donors (Lipinski definition) is 0. The Hall–Kier alpha value is -1.07. The summed E-state index contributed by atoms with van der Waals surface area (Å²) in [5.74, 6) is -1.12. The van der Waals surface area contributed by atoms with E-state index in [1.54, 1.807) is 31.2 Å². The van der Waals surface area contributed by atoms with Crippen LogP contribution in [0.5, 0.6) is 0 Å². The van der Waals surface area contributed by atoms with Crippen molar-refractivity contribution in [3.8, 4) is 0 Å². The van der Waals surface area contributed by atoms with Crippen molar-refractivity contribution in [3.05, 3.63) is 34.9 Å². The van der Waals surface area contributed by atoms with Crippen molar-refractivity contribution in [2.45, 2.75) is 24.8 Å². The molecule has 0 aromatic heterocycles. The highest BCUT2D eigenvalue weighted by atomic mass is 79.9. The number of esters is 2. The van der Waals surface area contributed by atoms with Gasteiger partial charge in [0.15, 0.2) is 6.10 Å². The smallest absolute Gasteiger partial charge is 0.347 e. The van der Waals surface area contributed by atoms with Crippen LogP contribution in [0.15, 0.2) is 24.3 Å². The fourth-order valence-electron chi connectivity index (χ4n) is 1.31. The van der Waals surface area contributed by atoms with Gasteiger partial charge in [0.05, 0.1) is 6.61 Å². The number of hydrogen-bond acceptors (Lipinski definition) is 4. The Morgan fingerprint density at radius 2 is 1.84 bits per heavy atom. The summed E-state index contributed by atoms with van der Waals surface area (Å²) in [5, 5.41) is 0.580. The Balaban J connectivity index is 2.62. The molecule has 1 aromatic carbocycles. The summed E-state index contributed by atoms with van der Waals surface area (Å²) in [6.45, 7) is 3.40. The van der Waals surface area contributed by atoms with E-state index in [0.717, 1.165) is 0 Å². The minimum atomic E-state index is -0.931. The molecule has 104 valence electrons. The van der Waals surface area contributed by atoms with Crippen LogP contribution < -0.4 is 0 Å². The predicted octanol–water partition coefficient (Wildman–Crippen LogP) is 3.27. The van der Waals surface area contributed by atoms with Crippen molar-refractivity contribution in [2.75, 3.05) is 6.61 Å². The first-order chi connectivity index (χ1) is 8.95. The summed E-state index contributed by atoms with van der Waals surface area (Å²) in [6, 6.07) is 6.76. The Bertz CT molecular complexity index is 446. The molecule has 0 saturated heterocycles. The zero-order valence-corrected chi connectivity index (χ0v) is 12.9. The van der Waals surface area contributed by atoms with Gasteiger partial charge in [0.1, 0.15) is 4.83 Å². The molecule has 0 spiro atoms. The number of halogens is 2. The summed E-state index contributed by atoms with van der Waals surface area (Å²) in [7, 11) is 0. The van der Waals surface area contributed by atoms with E-state index in [4.69, 9.17) is 21.1 Å². The second-order valence-corrected chi connectivity index (χ2v) is 5.10. The summed E-state index contributed by atoms with van der Waals surface area (Å²) in [6.07, 6.45) is -0.931. The van der Waals surface area contributed by atoms with E-state index < -0.39 is 22.9 Å². The third kappa shape index (κ3) is 4.84. The average Bonchev–Trinajstić information content (AvgIpc) is 2.38. The number of alkyl halides is 1. The van der Waals surface area contributed by atoms with E-state index in [1.165, 1.54) is 6.92 Å². The molecule has 1 aromatic rings. The van der Waals surface area contributed by atoms with Crippen LogP contribution in [-0.2, 0) is 19.1 Å². The SMILES string of the molecule is CCOC(=O)[C@H](C)OC(=O)C(Br)c1ccc(Cl)cc1. The number of carbonyl (C=O) groups is 2. The Kier molecular flexibility index (Phi) is 6.31. The lowest BCUT2D eigenvalue weighted by atomic mass is 10.1. The molecule has 0 heterocycles. The number of ether oxygens (including phenoxy) is 2. The highest BCUT2D eigenvalue weighted by Gasteiger charge is 2.24. The summed E-state index contributed by atoms with van der Waals surface area (Å²) < 4.78 is 9.77. The Morgan fingerprint density at radius 1 is 1.26 bits per heavy atom. The van der Waals surface area contributed by atoms with E-state index in [1.807, 2.05) is 0 Å². The molecular formula is C13H14BrClO4. The lowest BCUT2D eigenvalue weighted by Crippen LogP contribution is -2.27. The Morgan fingerprint density at radius 3 is 2.37 bits per heavy atom. The van der Waals surface area contributed by atoms with Gasteiger partial charge >= 0.3 is 11.9 Å². The normalized spacial score (nSPS) is 13.5. The van der Waals surface area contributed by atoms with Gasteiger partial charge in [-0.15, -0.1) is 0 Å². The lowest BCUT2D eigenvalue weighted by Gasteiger charge is -2.15. The van der Waals surface area contributed by atoms with E-state index in [-0.39, 0.29) is 6.61 Å². The molecule has 0 aliphatic carbocycles. The minimum Gasteiger partial charge on any atom is -0.463 e. The molecule has 0 aliphatic heterocycles. The van der Waals surface area contributed by atoms with Gasteiger partial charge in [-0.3, -0.25) is 4.79 Å². The van der Waals surface area contributed by atoms with Crippen LogP contribution in [0.1, 0.15) is 24.2 Å². The molecule has 0 amide bonds. The van der Waals surface area contributed by atoms with E-state index >= 15 is 0 Å². The Labute approximate surface area is 125 Å². The fraction of sp³-hybridized carbons (Fsp3) is 0.385. The first-order valence-corrected chi connectivity index (χ1v) is 7.01. The third-order valence-electron chi connectivity index (χ3n) is 2.28. The highest BCUT2D eigenvalue weighted by Crippen LogP contribution is 2.26. The van der Waals surface area contributed by atoms with Gasteiger partial charge in [-0.1, -0.05) is 39.7 Å². The standard InChI is InChI=1S/C13H14BrClO4/c1-3-18-12(16)8(2)19-13(17)11(14)9-4-6-10(15)7-5-9/h4-8,11H,3H2,1-2H3/t8-,11?/m0/s1. The largest absolute Gasteiger partial charge is 0.463 e. The van der Waals surface area contributed by atoms with Crippen LogP contribution in [0, 0.1) is 0 Å². The second-order valence-electron chi connectivity index (χ2n) is 3.75. The fourth-order valence-corrected chi connectivity index (χ4v) is 1.85. The van der Waals surface area contributed by atoms with Gasteiger partial charge in [0, 0.05) is 5.02 Å². The van der Waals surface area contributed by atoms with Gasteiger partial charge in [-0.05, 0) is 31.5 Å². The van der Waals surface area contributed by atoms with Gasteiger partial charge in [-0.2, -0.15) is 0 Å². The summed E-state index contributed by atoms with van der Waals surface area (Å²) in [5.41, 5.74) is 0.699. The van der Waals surface area contributed by atoms with Crippen molar-refractivity contribution in [1.29, 1.82) is 0 Å². The minimum absolute atomic E-state index is 0.246. The molecule has 19 heavy (non-hydrogen) atoms. The molecular weight excluding hydrogens is 335 g/mol. The molecule has 0 saturated carbocycles. The zero-order chi connectivity index (χ0) is 14.4. The highest BCUT2D eigenvalue weighted by molar-refractivity contribution is 9.09. The third-order valence-corrected chi connectivity index (χ3v) is 3.44. The molecule has 2 atom stereocenters. The molecule has 0 N–H and O–H groups in total. The van der Waals surface area contributed by atoms with Gasteiger partial charge in [0.25, 0.3) is 0 Å². The quantitative estimate of drug-likeness (QED) is 0.605. The molecule has 0 radical (unpaired) electrons. The van der Waals surface area contributed by atoms with Gasteiger partial charge < -0.3 is 9.47 Å². The van der Waals surface area contributed by atoms with E-state index in [9.17, 15) is 9.59 Å². The maximum Gasteiger partial charge on any atom is 0.347 e.